The molecular weight excluding hydrogens is 359 g/mol. The molecule has 126 valence electrons. The van der Waals surface area contributed by atoms with E-state index in [1.807, 2.05) is 31.2 Å². The van der Waals surface area contributed by atoms with Crippen LogP contribution in [0.3, 0.4) is 0 Å². The molecule has 0 spiro atoms. The van der Waals surface area contributed by atoms with E-state index in [0.717, 1.165) is 5.56 Å². The molecule has 3 rings (SSSR count). The van der Waals surface area contributed by atoms with Crippen molar-refractivity contribution in [1.29, 1.82) is 0 Å². The van der Waals surface area contributed by atoms with Gasteiger partial charge in [0.05, 0.1) is 5.56 Å². The molecule has 0 fully saturated rings. The Morgan fingerprint density at radius 2 is 1.52 bits per heavy atom. The number of carbonyl (C=O) groups excluding carboxylic acids is 1. The fourth-order valence-corrected chi connectivity index (χ4v) is 2.63. The first-order chi connectivity index (χ1) is 12.0. The smallest absolute Gasteiger partial charge is 0.258 e. The van der Waals surface area contributed by atoms with Crippen molar-refractivity contribution in [2.45, 2.75) is 6.92 Å². The zero-order chi connectivity index (χ0) is 17.8. The predicted molar refractivity (Wildman–Crippen MR) is 101 cm³/mol. The van der Waals surface area contributed by atoms with Gasteiger partial charge in [0.2, 0.25) is 5.95 Å². The molecule has 0 saturated heterocycles. The summed E-state index contributed by atoms with van der Waals surface area (Å²) in [5.41, 5.74) is 2.86. The van der Waals surface area contributed by atoms with Crippen LogP contribution in [0.4, 0.5) is 17.3 Å². The molecular formula is C18H14Cl2N4O. The van der Waals surface area contributed by atoms with Crippen LogP contribution in [-0.2, 0) is 0 Å². The molecule has 0 atom stereocenters. The minimum atomic E-state index is -0.277. The van der Waals surface area contributed by atoms with E-state index >= 15 is 0 Å². The summed E-state index contributed by atoms with van der Waals surface area (Å²) in [6.07, 6.45) is 2.90. The van der Waals surface area contributed by atoms with E-state index in [9.17, 15) is 4.79 Å². The van der Waals surface area contributed by atoms with Crippen LogP contribution in [0.25, 0.3) is 0 Å². The molecule has 2 aromatic carbocycles. The number of rotatable bonds is 4. The SMILES string of the molecule is Cc1ccc(NC(=O)c2cnc(Nc3cc(Cl)cc(Cl)c3)nc2)cc1. The summed E-state index contributed by atoms with van der Waals surface area (Å²) >= 11 is 11.9. The van der Waals surface area contributed by atoms with E-state index in [-0.39, 0.29) is 5.91 Å². The minimum absolute atomic E-state index is 0.277. The number of nitrogens with zero attached hydrogens (tertiary/aromatic N) is 2. The number of nitrogens with one attached hydrogen (secondary N) is 2. The summed E-state index contributed by atoms with van der Waals surface area (Å²) < 4.78 is 0. The Morgan fingerprint density at radius 1 is 0.920 bits per heavy atom. The van der Waals surface area contributed by atoms with Gasteiger partial charge in [0.1, 0.15) is 0 Å². The van der Waals surface area contributed by atoms with Crippen LogP contribution in [0.15, 0.2) is 54.9 Å². The van der Waals surface area contributed by atoms with Crippen LogP contribution in [0.5, 0.6) is 0 Å². The summed E-state index contributed by atoms with van der Waals surface area (Å²) in [6, 6.07) is 12.6. The van der Waals surface area contributed by atoms with E-state index in [1.54, 1.807) is 18.2 Å². The molecule has 0 aliphatic heterocycles. The minimum Gasteiger partial charge on any atom is -0.324 e. The summed E-state index contributed by atoms with van der Waals surface area (Å²) in [4.78, 5) is 20.5. The second-order valence-electron chi connectivity index (χ2n) is 5.40. The maximum absolute atomic E-state index is 12.2. The van der Waals surface area contributed by atoms with Gasteiger partial charge < -0.3 is 10.6 Å². The van der Waals surface area contributed by atoms with Gasteiger partial charge >= 0.3 is 0 Å². The van der Waals surface area contributed by atoms with Gasteiger partial charge in [0.15, 0.2) is 0 Å². The van der Waals surface area contributed by atoms with Gasteiger partial charge in [0, 0.05) is 33.8 Å². The zero-order valence-electron chi connectivity index (χ0n) is 13.3. The van der Waals surface area contributed by atoms with Gasteiger partial charge in [-0.15, -0.1) is 0 Å². The fraction of sp³-hybridized carbons (Fsp3) is 0.0556. The highest BCUT2D eigenvalue weighted by molar-refractivity contribution is 6.35. The number of amides is 1. The van der Waals surface area contributed by atoms with Crippen LogP contribution >= 0.6 is 23.2 Å². The molecule has 0 unspecified atom stereocenters. The molecule has 25 heavy (non-hydrogen) atoms. The first kappa shape index (κ1) is 17.2. The Balaban J connectivity index is 1.68. The topological polar surface area (TPSA) is 66.9 Å². The lowest BCUT2D eigenvalue weighted by molar-refractivity contribution is 0.102. The van der Waals surface area contributed by atoms with E-state index in [0.29, 0.717) is 32.9 Å². The normalized spacial score (nSPS) is 10.4. The summed E-state index contributed by atoms with van der Waals surface area (Å²) in [6.45, 7) is 1.98. The average molecular weight is 373 g/mol. The molecule has 7 heteroatoms. The van der Waals surface area contributed by atoms with Crippen molar-refractivity contribution in [3.8, 4) is 0 Å². The lowest BCUT2D eigenvalue weighted by Gasteiger charge is -2.07. The maximum atomic E-state index is 12.2. The summed E-state index contributed by atoms with van der Waals surface area (Å²) in [5.74, 6) is 0.0615. The first-order valence-electron chi connectivity index (χ1n) is 7.43. The van der Waals surface area contributed by atoms with Crippen LogP contribution in [-0.4, -0.2) is 15.9 Å². The highest BCUT2D eigenvalue weighted by atomic mass is 35.5. The fourth-order valence-electron chi connectivity index (χ4n) is 2.11. The second-order valence-corrected chi connectivity index (χ2v) is 6.27. The van der Waals surface area contributed by atoms with Gasteiger partial charge in [0.25, 0.3) is 5.91 Å². The largest absolute Gasteiger partial charge is 0.324 e. The molecule has 0 aliphatic rings. The Morgan fingerprint density at radius 3 is 2.12 bits per heavy atom. The number of benzene rings is 2. The number of carbonyl (C=O) groups is 1. The van der Waals surface area contributed by atoms with E-state index in [1.165, 1.54) is 12.4 Å². The van der Waals surface area contributed by atoms with Crippen molar-refractivity contribution in [2.24, 2.45) is 0 Å². The standard InChI is InChI=1S/C18H14Cl2N4O/c1-11-2-4-15(5-3-11)23-17(25)12-9-21-18(22-10-12)24-16-7-13(19)6-14(20)8-16/h2-10H,1H3,(H,23,25)(H,21,22,24). The molecule has 1 amide bonds. The number of aromatic nitrogens is 2. The van der Waals surface area contributed by atoms with Crippen molar-refractivity contribution in [3.63, 3.8) is 0 Å². The highest BCUT2D eigenvalue weighted by Gasteiger charge is 2.08. The third-order valence-electron chi connectivity index (χ3n) is 3.34. The molecule has 1 aromatic heterocycles. The van der Waals surface area contributed by atoms with Gasteiger partial charge in [-0.1, -0.05) is 40.9 Å². The lowest BCUT2D eigenvalue weighted by Crippen LogP contribution is -2.13. The molecule has 0 bridgehead atoms. The molecule has 0 radical (unpaired) electrons. The Bertz CT molecular complexity index is 876. The van der Waals surface area contributed by atoms with Crippen LogP contribution < -0.4 is 10.6 Å². The van der Waals surface area contributed by atoms with Gasteiger partial charge in [-0.2, -0.15) is 0 Å². The van der Waals surface area contributed by atoms with E-state index in [4.69, 9.17) is 23.2 Å². The molecule has 3 aromatic rings. The second kappa shape index (κ2) is 7.51. The van der Waals surface area contributed by atoms with Gasteiger partial charge in [-0.05, 0) is 37.3 Å². The number of aryl methyl sites for hydroxylation is 1. The zero-order valence-corrected chi connectivity index (χ0v) is 14.8. The number of halogens is 2. The van der Waals surface area contributed by atoms with Crippen LogP contribution in [0.2, 0.25) is 10.0 Å². The van der Waals surface area contributed by atoms with Crippen LogP contribution in [0, 0.1) is 6.92 Å². The summed E-state index contributed by atoms with van der Waals surface area (Å²) in [5, 5.41) is 6.79. The van der Waals surface area contributed by atoms with E-state index < -0.39 is 0 Å². The predicted octanol–water partition coefficient (Wildman–Crippen LogP) is 5.09. The number of anilines is 3. The molecule has 2 N–H and O–H groups in total. The quantitative estimate of drug-likeness (QED) is 0.669. The van der Waals surface area contributed by atoms with Gasteiger partial charge in [-0.25, -0.2) is 9.97 Å². The Kier molecular flexibility index (Phi) is 5.16. The average Bonchev–Trinajstić information content (AvgIpc) is 2.56. The molecule has 1 heterocycles. The molecule has 0 aliphatic carbocycles. The lowest BCUT2D eigenvalue weighted by atomic mass is 10.2. The third-order valence-corrected chi connectivity index (χ3v) is 3.78. The molecule has 5 nitrogen and oxygen atoms in total. The monoisotopic (exact) mass is 372 g/mol. The number of hydrogen-bond donors (Lipinski definition) is 2. The van der Waals surface area contributed by atoms with Crippen molar-refractivity contribution < 1.29 is 4.79 Å². The maximum Gasteiger partial charge on any atom is 0.258 e. The van der Waals surface area contributed by atoms with Crippen LogP contribution in [0.1, 0.15) is 15.9 Å². The van der Waals surface area contributed by atoms with Crippen molar-refractivity contribution >= 4 is 46.4 Å². The van der Waals surface area contributed by atoms with Gasteiger partial charge in [-0.3, -0.25) is 4.79 Å². The van der Waals surface area contributed by atoms with E-state index in [2.05, 4.69) is 20.6 Å². The summed E-state index contributed by atoms with van der Waals surface area (Å²) in [7, 11) is 0. The Labute approximate surface area is 155 Å². The first-order valence-corrected chi connectivity index (χ1v) is 8.18. The van der Waals surface area contributed by atoms with Crippen molar-refractivity contribution in [2.75, 3.05) is 10.6 Å². The van der Waals surface area contributed by atoms with Crippen molar-refractivity contribution in [1.82, 2.24) is 9.97 Å². The van der Waals surface area contributed by atoms with Crippen molar-refractivity contribution in [3.05, 3.63) is 76.0 Å². The Hall–Kier alpha value is -2.63. The number of hydrogen-bond acceptors (Lipinski definition) is 4. The molecule has 0 saturated carbocycles. The highest BCUT2D eigenvalue weighted by Crippen LogP contribution is 2.24. The third kappa shape index (κ3) is 4.68.